The molecular weight excluding hydrogens is 286 g/mol. The van der Waals surface area contributed by atoms with Gasteiger partial charge in [0.25, 0.3) is 5.91 Å². The molecule has 1 N–H and O–H groups in total. The van der Waals surface area contributed by atoms with Crippen LogP contribution < -0.4 is 10.1 Å². The number of amides is 1. The zero-order valence-corrected chi connectivity index (χ0v) is 13.1. The summed E-state index contributed by atoms with van der Waals surface area (Å²) in [5.74, 6) is 0.566. The van der Waals surface area contributed by atoms with Crippen LogP contribution in [-0.4, -0.2) is 12.0 Å². The fourth-order valence-electron chi connectivity index (χ4n) is 1.99. The van der Waals surface area contributed by atoms with Gasteiger partial charge in [0.2, 0.25) is 0 Å². The van der Waals surface area contributed by atoms with Crippen molar-refractivity contribution in [3.05, 3.63) is 58.6 Å². The van der Waals surface area contributed by atoms with E-state index in [2.05, 4.69) is 5.32 Å². The van der Waals surface area contributed by atoms with Crippen molar-refractivity contribution >= 4 is 23.2 Å². The molecule has 3 nitrogen and oxygen atoms in total. The quantitative estimate of drug-likeness (QED) is 0.911. The van der Waals surface area contributed by atoms with Crippen molar-refractivity contribution in [2.24, 2.45) is 0 Å². The second-order valence-corrected chi connectivity index (χ2v) is 5.41. The first kappa shape index (κ1) is 15.4. The summed E-state index contributed by atoms with van der Waals surface area (Å²) in [5.41, 5.74) is 2.73. The SMILES string of the molecule is Cc1cccc(C)c1OC(C)C(=O)Nc1ccc(Cl)cc1. The lowest BCUT2D eigenvalue weighted by Gasteiger charge is -2.18. The zero-order valence-electron chi connectivity index (χ0n) is 12.3. The Bertz CT molecular complexity index is 617. The van der Waals surface area contributed by atoms with Crippen LogP contribution in [0.3, 0.4) is 0 Å². The molecule has 0 bridgehead atoms. The van der Waals surface area contributed by atoms with Crippen molar-refractivity contribution in [2.45, 2.75) is 26.9 Å². The van der Waals surface area contributed by atoms with Gasteiger partial charge in [-0.05, 0) is 56.2 Å². The molecule has 1 atom stereocenters. The van der Waals surface area contributed by atoms with Crippen LogP contribution in [0, 0.1) is 13.8 Å². The van der Waals surface area contributed by atoms with Gasteiger partial charge in [-0.15, -0.1) is 0 Å². The van der Waals surface area contributed by atoms with Crippen molar-refractivity contribution in [1.82, 2.24) is 0 Å². The molecule has 0 radical (unpaired) electrons. The number of rotatable bonds is 4. The molecular formula is C17H18ClNO2. The zero-order chi connectivity index (χ0) is 15.4. The standard InChI is InChI=1S/C17H18ClNO2/c1-11-5-4-6-12(2)16(11)21-13(3)17(20)19-15-9-7-14(18)8-10-15/h4-10,13H,1-3H3,(H,19,20). The summed E-state index contributed by atoms with van der Waals surface area (Å²) in [7, 11) is 0. The predicted molar refractivity (Wildman–Crippen MR) is 86.1 cm³/mol. The number of anilines is 1. The lowest BCUT2D eigenvalue weighted by atomic mass is 10.1. The molecule has 0 aromatic heterocycles. The van der Waals surface area contributed by atoms with Gasteiger partial charge in [-0.2, -0.15) is 0 Å². The van der Waals surface area contributed by atoms with E-state index in [-0.39, 0.29) is 5.91 Å². The van der Waals surface area contributed by atoms with Crippen molar-refractivity contribution in [3.63, 3.8) is 0 Å². The number of carbonyl (C=O) groups is 1. The summed E-state index contributed by atoms with van der Waals surface area (Å²) in [6, 6.07) is 12.9. The molecule has 0 saturated heterocycles. The predicted octanol–water partition coefficient (Wildman–Crippen LogP) is 4.36. The molecule has 4 heteroatoms. The van der Waals surface area contributed by atoms with Gasteiger partial charge in [-0.25, -0.2) is 0 Å². The van der Waals surface area contributed by atoms with Crippen LogP contribution >= 0.6 is 11.6 Å². The Balaban J connectivity index is 2.04. The Morgan fingerprint density at radius 2 is 1.67 bits per heavy atom. The Kier molecular flexibility index (Phi) is 4.86. The third-order valence-corrected chi connectivity index (χ3v) is 3.44. The maximum Gasteiger partial charge on any atom is 0.265 e. The van der Waals surface area contributed by atoms with Crippen LogP contribution in [0.2, 0.25) is 5.02 Å². The lowest BCUT2D eigenvalue weighted by molar-refractivity contribution is -0.122. The van der Waals surface area contributed by atoms with Crippen molar-refractivity contribution in [2.75, 3.05) is 5.32 Å². The third-order valence-electron chi connectivity index (χ3n) is 3.18. The number of ether oxygens (including phenoxy) is 1. The maximum atomic E-state index is 12.2. The van der Waals surface area contributed by atoms with Gasteiger partial charge in [0.15, 0.2) is 6.10 Å². The molecule has 0 heterocycles. The smallest absolute Gasteiger partial charge is 0.265 e. The molecule has 1 amide bonds. The minimum atomic E-state index is -0.583. The van der Waals surface area contributed by atoms with Crippen LogP contribution in [0.25, 0.3) is 0 Å². The minimum absolute atomic E-state index is 0.194. The summed E-state index contributed by atoms with van der Waals surface area (Å²) in [4.78, 5) is 12.2. The Morgan fingerprint density at radius 3 is 2.24 bits per heavy atom. The van der Waals surface area contributed by atoms with Gasteiger partial charge in [0.05, 0.1) is 0 Å². The van der Waals surface area contributed by atoms with Crippen LogP contribution in [-0.2, 0) is 4.79 Å². The first-order chi connectivity index (χ1) is 9.97. The molecule has 0 spiro atoms. The molecule has 0 fully saturated rings. The fraction of sp³-hybridized carbons (Fsp3) is 0.235. The van der Waals surface area contributed by atoms with Gasteiger partial charge in [0, 0.05) is 10.7 Å². The van der Waals surface area contributed by atoms with Crippen LogP contribution in [0.4, 0.5) is 5.69 Å². The topological polar surface area (TPSA) is 38.3 Å². The first-order valence-corrected chi connectivity index (χ1v) is 7.14. The van der Waals surface area contributed by atoms with Crippen LogP contribution in [0.1, 0.15) is 18.1 Å². The molecule has 21 heavy (non-hydrogen) atoms. The average Bonchev–Trinajstić information content (AvgIpc) is 2.45. The molecule has 2 aromatic rings. The Hall–Kier alpha value is -2.00. The molecule has 0 saturated carbocycles. The van der Waals surface area contributed by atoms with Gasteiger partial charge in [0.1, 0.15) is 5.75 Å². The number of halogens is 1. The number of hydrogen-bond acceptors (Lipinski definition) is 2. The highest BCUT2D eigenvalue weighted by Gasteiger charge is 2.16. The highest BCUT2D eigenvalue weighted by atomic mass is 35.5. The Labute approximate surface area is 129 Å². The highest BCUT2D eigenvalue weighted by Crippen LogP contribution is 2.24. The third kappa shape index (κ3) is 3.99. The summed E-state index contributed by atoms with van der Waals surface area (Å²) < 4.78 is 5.80. The largest absolute Gasteiger partial charge is 0.480 e. The van der Waals surface area contributed by atoms with E-state index in [0.717, 1.165) is 16.9 Å². The van der Waals surface area contributed by atoms with E-state index in [0.29, 0.717) is 10.7 Å². The summed E-state index contributed by atoms with van der Waals surface area (Å²) >= 11 is 5.82. The number of benzene rings is 2. The molecule has 1 unspecified atom stereocenters. The molecule has 0 aliphatic heterocycles. The highest BCUT2D eigenvalue weighted by molar-refractivity contribution is 6.30. The molecule has 110 valence electrons. The second-order valence-electron chi connectivity index (χ2n) is 4.98. The first-order valence-electron chi connectivity index (χ1n) is 6.76. The van der Waals surface area contributed by atoms with E-state index >= 15 is 0 Å². The number of hydrogen-bond donors (Lipinski definition) is 1. The van der Waals surface area contributed by atoms with Crippen molar-refractivity contribution in [1.29, 1.82) is 0 Å². The molecule has 0 aliphatic carbocycles. The maximum absolute atomic E-state index is 12.2. The van der Waals surface area contributed by atoms with E-state index in [1.165, 1.54) is 0 Å². The molecule has 2 aromatic carbocycles. The summed E-state index contributed by atoms with van der Waals surface area (Å²) in [6.07, 6.45) is -0.583. The van der Waals surface area contributed by atoms with Gasteiger partial charge < -0.3 is 10.1 Å². The number of aryl methyl sites for hydroxylation is 2. The van der Waals surface area contributed by atoms with E-state index < -0.39 is 6.10 Å². The van der Waals surface area contributed by atoms with Gasteiger partial charge in [-0.1, -0.05) is 29.8 Å². The van der Waals surface area contributed by atoms with Crippen LogP contribution in [0.15, 0.2) is 42.5 Å². The van der Waals surface area contributed by atoms with E-state index in [4.69, 9.17) is 16.3 Å². The number of para-hydroxylation sites is 1. The summed E-state index contributed by atoms with van der Waals surface area (Å²) in [5, 5.41) is 3.44. The lowest BCUT2D eigenvalue weighted by Crippen LogP contribution is -2.30. The van der Waals surface area contributed by atoms with E-state index in [9.17, 15) is 4.79 Å². The van der Waals surface area contributed by atoms with E-state index in [1.54, 1.807) is 31.2 Å². The van der Waals surface area contributed by atoms with Gasteiger partial charge >= 0.3 is 0 Å². The normalized spacial score (nSPS) is 11.8. The van der Waals surface area contributed by atoms with Crippen molar-refractivity contribution in [3.8, 4) is 5.75 Å². The summed E-state index contributed by atoms with van der Waals surface area (Å²) in [6.45, 7) is 5.66. The number of nitrogens with one attached hydrogen (secondary N) is 1. The van der Waals surface area contributed by atoms with Crippen molar-refractivity contribution < 1.29 is 9.53 Å². The van der Waals surface area contributed by atoms with Gasteiger partial charge in [-0.3, -0.25) is 4.79 Å². The Morgan fingerprint density at radius 1 is 1.10 bits per heavy atom. The molecule has 0 aliphatic rings. The minimum Gasteiger partial charge on any atom is -0.480 e. The average molecular weight is 304 g/mol. The fourth-order valence-corrected chi connectivity index (χ4v) is 2.12. The molecule has 2 rings (SSSR count). The van der Waals surface area contributed by atoms with Crippen LogP contribution in [0.5, 0.6) is 5.75 Å². The number of carbonyl (C=O) groups excluding carboxylic acids is 1. The second kappa shape index (κ2) is 6.64. The monoisotopic (exact) mass is 303 g/mol. The van der Waals surface area contributed by atoms with E-state index in [1.807, 2.05) is 32.0 Å².